The topological polar surface area (TPSA) is 93.7 Å². The van der Waals surface area contributed by atoms with Crippen LogP contribution in [0.25, 0.3) is 27.8 Å². The van der Waals surface area contributed by atoms with Crippen molar-refractivity contribution in [3.8, 4) is 17.2 Å². The van der Waals surface area contributed by atoms with Crippen LogP contribution in [0.1, 0.15) is 17.5 Å². The summed E-state index contributed by atoms with van der Waals surface area (Å²) in [4.78, 5) is 18.1. The lowest BCUT2D eigenvalue weighted by atomic mass is 9.92. The van der Waals surface area contributed by atoms with Crippen molar-refractivity contribution in [1.82, 2.24) is 14.7 Å². The van der Waals surface area contributed by atoms with E-state index in [1.54, 1.807) is 0 Å². The molecule has 2 aromatic heterocycles. The number of carbonyl (C=O) groups is 1. The van der Waals surface area contributed by atoms with Crippen molar-refractivity contribution < 1.29 is 9.90 Å². The number of hydrogen-bond donors (Lipinski definition) is 2. The first kappa shape index (κ1) is 21.0. The lowest BCUT2D eigenvalue weighted by Gasteiger charge is -2.26. The van der Waals surface area contributed by atoms with E-state index < -0.39 is 5.97 Å². The number of aromatic nitrogens is 2. The molecule has 0 spiro atoms. The fraction of sp³-hybridized carbons (Fsp3) is 0.269. The largest absolute Gasteiger partial charge is 0.480 e. The summed E-state index contributed by atoms with van der Waals surface area (Å²) in [5.41, 5.74) is 7.25. The van der Waals surface area contributed by atoms with Crippen molar-refractivity contribution in [2.45, 2.75) is 13.3 Å². The Hall–Kier alpha value is -3.89. The maximum absolute atomic E-state index is 10.9. The van der Waals surface area contributed by atoms with Crippen LogP contribution in [0.5, 0.6) is 0 Å². The zero-order chi connectivity index (χ0) is 22.9. The first-order chi connectivity index (χ1) is 16.1. The summed E-state index contributed by atoms with van der Waals surface area (Å²) in [6.45, 7) is 4.32. The molecule has 2 aromatic carbocycles. The maximum atomic E-state index is 10.9. The Kier molecular flexibility index (Phi) is 5.45. The number of benzene rings is 2. The number of carboxylic acids is 1. The molecule has 7 nitrogen and oxygen atoms in total. The number of fused-ring (bicyclic) bond motifs is 3. The van der Waals surface area contributed by atoms with Gasteiger partial charge in [0.05, 0.1) is 23.3 Å². The lowest BCUT2D eigenvalue weighted by Crippen LogP contribution is -2.30. The Morgan fingerprint density at radius 2 is 2.03 bits per heavy atom. The highest BCUT2D eigenvalue weighted by atomic mass is 16.4. The van der Waals surface area contributed by atoms with Crippen LogP contribution in [0.4, 0.5) is 5.69 Å². The molecule has 1 aliphatic rings. The number of hydrogen-bond acceptors (Lipinski definition) is 5. The Balaban J connectivity index is 1.71. The van der Waals surface area contributed by atoms with E-state index in [1.807, 2.05) is 49.5 Å². The molecule has 3 heterocycles. The van der Waals surface area contributed by atoms with E-state index in [0.717, 1.165) is 58.6 Å². The summed E-state index contributed by atoms with van der Waals surface area (Å²) in [7, 11) is 0. The SMILES string of the molecule is Cc1c(-c2ccccc2)c(N2CC[C@@H](CNCC(=O)O)C2)c2c(nc3ccccn32)c1C#N. The molecule has 1 atom stereocenters. The van der Waals surface area contributed by atoms with Crippen LogP contribution in [-0.4, -0.2) is 46.6 Å². The van der Waals surface area contributed by atoms with Crippen molar-refractivity contribution in [3.63, 3.8) is 0 Å². The van der Waals surface area contributed by atoms with Crippen LogP contribution in [0.15, 0.2) is 54.7 Å². The molecule has 0 bridgehead atoms. The van der Waals surface area contributed by atoms with E-state index in [4.69, 9.17) is 10.1 Å². The van der Waals surface area contributed by atoms with Gasteiger partial charge in [-0.1, -0.05) is 36.4 Å². The molecule has 0 radical (unpaired) electrons. The van der Waals surface area contributed by atoms with Crippen LogP contribution in [-0.2, 0) is 4.79 Å². The number of nitriles is 1. The van der Waals surface area contributed by atoms with Crippen LogP contribution >= 0.6 is 0 Å². The number of carboxylic acid groups (broad SMARTS) is 1. The minimum Gasteiger partial charge on any atom is -0.480 e. The zero-order valence-electron chi connectivity index (χ0n) is 18.5. The van der Waals surface area contributed by atoms with Crippen molar-refractivity contribution in [2.24, 2.45) is 5.92 Å². The van der Waals surface area contributed by atoms with Gasteiger partial charge in [0, 0.05) is 31.4 Å². The Morgan fingerprint density at radius 1 is 1.24 bits per heavy atom. The number of nitrogens with one attached hydrogen (secondary N) is 1. The van der Waals surface area contributed by atoms with Gasteiger partial charge in [-0.15, -0.1) is 0 Å². The summed E-state index contributed by atoms with van der Waals surface area (Å²) in [6, 6.07) is 18.5. The smallest absolute Gasteiger partial charge is 0.317 e. The molecule has 0 saturated carbocycles. The van der Waals surface area contributed by atoms with E-state index >= 15 is 0 Å². The van der Waals surface area contributed by atoms with E-state index in [2.05, 4.69) is 32.8 Å². The first-order valence-corrected chi connectivity index (χ1v) is 11.1. The van der Waals surface area contributed by atoms with Crippen LogP contribution in [0.2, 0.25) is 0 Å². The third-order valence-electron chi connectivity index (χ3n) is 6.46. The Bertz CT molecular complexity index is 1390. The van der Waals surface area contributed by atoms with Crippen molar-refractivity contribution in [2.75, 3.05) is 31.1 Å². The van der Waals surface area contributed by atoms with Gasteiger partial charge < -0.3 is 15.3 Å². The summed E-state index contributed by atoms with van der Waals surface area (Å²) in [5.74, 6) is -0.496. The normalized spacial score (nSPS) is 15.9. The van der Waals surface area contributed by atoms with Gasteiger partial charge >= 0.3 is 5.97 Å². The Labute approximate surface area is 191 Å². The van der Waals surface area contributed by atoms with E-state index in [0.29, 0.717) is 18.0 Å². The standard InChI is InChI=1S/C26H25N5O2/c1-17-20(13-27)24-26(31-11-6-5-9-21(31)29-24)25(23(17)19-7-3-2-4-8-19)30-12-10-18(16-30)14-28-15-22(32)33/h2-9,11,18,28H,10,12,14-16H2,1H3,(H,32,33)/t18-/m0/s1. The predicted octanol–water partition coefficient (Wildman–Crippen LogP) is 3.84. The molecule has 1 aliphatic heterocycles. The highest BCUT2D eigenvalue weighted by Crippen LogP contribution is 2.44. The number of anilines is 1. The highest BCUT2D eigenvalue weighted by molar-refractivity contribution is 6.05. The fourth-order valence-electron chi connectivity index (χ4n) is 4.98. The maximum Gasteiger partial charge on any atom is 0.317 e. The molecule has 166 valence electrons. The molecule has 2 N–H and O–H groups in total. The molecule has 1 saturated heterocycles. The van der Waals surface area contributed by atoms with Gasteiger partial charge in [0.2, 0.25) is 0 Å². The Morgan fingerprint density at radius 3 is 2.79 bits per heavy atom. The number of nitrogens with zero attached hydrogens (tertiary/aromatic N) is 4. The second kappa shape index (κ2) is 8.57. The molecule has 0 unspecified atom stereocenters. The average molecular weight is 440 g/mol. The van der Waals surface area contributed by atoms with E-state index in [1.165, 1.54) is 0 Å². The second-order valence-corrected chi connectivity index (χ2v) is 8.56. The molecule has 5 rings (SSSR count). The molecule has 33 heavy (non-hydrogen) atoms. The molecular formula is C26H25N5O2. The van der Waals surface area contributed by atoms with Crippen molar-refractivity contribution in [3.05, 3.63) is 65.9 Å². The average Bonchev–Trinajstić information content (AvgIpc) is 3.43. The summed E-state index contributed by atoms with van der Waals surface area (Å²) in [6.07, 6.45) is 2.97. The molecule has 4 aromatic rings. The lowest BCUT2D eigenvalue weighted by molar-refractivity contribution is -0.135. The van der Waals surface area contributed by atoms with Crippen molar-refractivity contribution in [1.29, 1.82) is 5.26 Å². The minimum atomic E-state index is -0.841. The highest BCUT2D eigenvalue weighted by Gasteiger charge is 2.30. The molecule has 0 amide bonds. The van der Waals surface area contributed by atoms with Gasteiger partial charge in [0.15, 0.2) is 0 Å². The summed E-state index contributed by atoms with van der Waals surface area (Å²) in [5, 5.41) is 22.1. The van der Waals surface area contributed by atoms with Gasteiger partial charge in [-0.05, 0) is 42.5 Å². The van der Waals surface area contributed by atoms with E-state index in [9.17, 15) is 10.1 Å². The number of aliphatic carboxylic acids is 1. The fourth-order valence-corrected chi connectivity index (χ4v) is 4.98. The molecule has 7 heteroatoms. The van der Waals surface area contributed by atoms with Crippen molar-refractivity contribution >= 4 is 28.3 Å². The van der Waals surface area contributed by atoms with Gasteiger partial charge in [0.1, 0.15) is 17.2 Å². The predicted molar refractivity (Wildman–Crippen MR) is 128 cm³/mol. The molecular weight excluding hydrogens is 414 g/mol. The summed E-state index contributed by atoms with van der Waals surface area (Å²) < 4.78 is 2.08. The van der Waals surface area contributed by atoms with Crippen LogP contribution in [0, 0.1) is 24.2 Å². The first-order valence-electron chi connectivity index (χ1n) is 11.1. The molecule has 0 aliphatic carbocycles. The summed E-state index contributed by atoms with van der Waals surface area (Å²) >= 11 is 0. The van der Waals surface area contributed by atoms with E-state index in [-0.39, 0.29) is 6.54 Å². The minimum absolute atomic E-state index is 0.0285. The second-order valence-electron chi connectivity index (χ2n) is 8.56. The van der Waals surface area contributed by atoms with Gasteiger partial charge in [-0.2, -0.15) is 5.26 Å². The van der Waals surface area contributed by atoms with Gasteiger partial charge in [-0.25, -0.2) is 4.98 Å². The quantitative estimate of drug-likeness (QED) is 0.474. The van der Waals surface area contributed by atoms with Gasteiger partial charge in [0.25, 0.3) is 0 Å². The zero-order valence-corrected chi connectivity index (χ0v) is 18.5. The number of imidazole rings is 1. The monoisotopic (exact) mass is 439 g/mol. The third kappa shape index (κ3) is 3.69. The number of pyridine rings is 1. The third-order valence-corrected chi connectivity index (χ3v) is 6.46. The van der Waals surface area contributed by atoms with Crippen LogP contribution in [0.3, 0.4) is 0 Å². The van der Waals surface area contributed by atoms with Crippen LogP contribution < -0.4 is 10.2 Å². The molecule has 1 fully saturated rings. The number of rotatable bonds is 6. The van der Waals surface area contributed by atoms with Gasteiger partial charge in [-0.3, -0.25) is 9.20 Å².